The quantitative estimate of drug-likeness (QED) is 0.168. The van der Waals surface area contributed by atoms with Crippen LogP contribution in [0.1, 0.15) is 73.5 Å². The summed E-state index contributed by atoms with van der Waals surface area (Å²) < 4.78 is 63.5. The van der Waals surface area contributed by atoms with E-state index in [2.05, 4.69) is 31.8 Å². The summed E-state index contributed by atoms with van der Waals surface area (Å²) in [6.45, 7) is 10.2. The second kappa shape index (κ2) is 11.9. The number of alkyl halides is 2. The van der Waals surface area contributed by atoms with Gasteiger partial charge in [0.15, 0.2) is 0 Å². The number of hydrogen-bond donors (Lipinski definition) is 0. The Kier molecular flexibility index (Phi) is 6.84. The van der Waals surface area contributed by atoms with Gasteiger partial charge in [-0.3, -0.25) is 9.55 Å². The number of aryl methyl sites for hydroxylation is 1. The molecule has 52 heavy (non-hydrogen) atoms. The van der Waals surface area contributed by atoms with Crippen molar-refractivity contribution in [3.8, 4) is 5.82 Å². The number of para-hydroxylation sites is 2. The van der Waals surface area contributed by atoms with Crippen LogP contribution in [0.25, 0.3) is 27.6 Å². The zero-order valence-corrected chi connectivity index (χ0v) is 30.0. The molecule has 0 spiro atoms. The molecule has 0 N–H and O–H groups in total. The third-order valence-electron chi connectivity index (χ3n) is 9.87. The summed E-state index contributed by atoms with van der Waals surface area (Å²) in [7, 11) is 0. The Labute approximate surface area is 307 Å². The lowest BCUT2D eigenvalue weighted by Crippen LogP contribution is -2.19. The van der Waals surface area contributed by atoms with E-state index in [4.69, 9.17) is 9.10 Å². The van der Waals surface area contributed by atoms with Gasteiger partial charge >= 0.3 is 6.01 Å². The van der Waals surface area contributed by atoms with E-state index < -0.39 is 18.2 Å². The summed E-state index contributed by atoms with van der Waals surface area (Å²) in [5, 5.41) is 1.73. The van der Waals surface area contributed by atoms with Gasteiger partial charge in [0.1, 0.15) is 5.82 Å². The highest BCUT2D eigenvalue weighted by atomic mass is 19.3. The molecule has 0 radical (unpaired) electrons. The van der Waals surface area contributed by atoms with Crippen LogP contribution in [0.4, 0.5) is 31.5 Å². The SMILES string of the molecule is [2H]C([2H])([2H])c1ccc([N+]2=C=[N+](c3cc(C(C)(C)C)cc(C(F)(F)c4ccc5c6ccncc6n(-c6cc(C(C)(C)C)ccn6)c5c4)c3)c3ccccc32)cc1. The standard InChI is InChI=1S/C45H41F2N5/c1-29-12-15-34(16-13-29)50-28-51(39-11-9-8-10-38(39)50)35-23-32(44(5,6)7)22-33(24-35)45(46,47)31-14-17-36-37-19-20-48-27-41(37)52(40(36)25-31)42-26-30(18-21-49-42)43(2,3)4/h8-27H,1-7H3/q+2/i1D3. The van der Waals surface area contributed by atoms with Gasteiger partial charge in [0.25, 0.3) is 17.3 Å². The van der Waals surface area contributed by atoms with E-state index in [1.807, 2.05) is 78.4 Å². The molecule has 258 valence electrons. The zero-order valence-electron chi connectivity index (χ0n) is 33.0. The molecular formula is C45H41F2N5+2. The number of aromatic nitrogens is 3. The van der Waals surface area contributed by atoms with E-state index >= 15 is 8.78 Å². The maximum Gasteiger partial charge on any atom is 0.503 e. The maximum atomic E-state index is 17.3. The minimum atomic E-state index is -3.39. The van der Waals surface area contributed by atoms with E-state index in [-0.39, 0.29) is 22.1 Å². The van der Waals surface area contributed by atoms with E-state index in [0.29, 0.717) is 22.7 Å². The predicted molar refractivity (Wildman–Crippen MR) is 209 cm³/mol. The third-order valence-corrected chi connectivity index (χ3v) is 9.87. The molecular weight excluding hydrogens is 649 g/mol. The van der Waals surface area contributed by atoms with E-state index in [1.54, 1.807) is 65.6 Å². The first-order valence-corrected chi connectivity index (χ1v) is 17.4. The molecule has 8 rings (SSSR count). The summed E-state index contributed by atoms with van der Waals surface area (Å²) in [5.41, 5.74) is 5.31. The summed E-state index contributed by atoms with van der Waals surface area (Å²) in [6.07, 6.45) is 5.23. The number of nitrogens with zero attached hydrogens (tertiary/aromatic N) is 5. The normalized spacial score (nSPS) is 14.5. The minimum absolute atomic E-state index is 0.144. The molecule has 0 amide bonds. The molecule has 0 saturated carbocycles. The Bertz CT molecular complexity index is 2730. The van der Waals surface area contributed by atoms with E-state index in [9.17, 15) is 0 Å². The van der Waals surface area contributed by atoms with E-state index in [0.717, 1.165) is 38.8 Å². The molecule has 7 aromatic rings. The Balaban J connectivity index is 1.31. The molecule has 0 saturated heterocycles. The van der Waals surface area contributed by atoms with Crippen molar-refractivity contribution in [3.05, 3.63) is 150 Å². The second-order valence-corrected chi connectivity index (χ2v) is 15.5. The Morgan fingerprint density at radius 3 is 2.00 bits per heavy atom. The molecule has 4 aromatic carbocycles. The van der Waals surface area contributed by atoms with Crippen LogP contribution in [0.3, 0.4) is 0 Å². The number of benzene rings is 4. The van der Waals surface area contributed by atoms with Gasteiger partial charge in [-0.25, -0.2) is 4.98 Å². The number of rotatable bonds is 5. The smallest absolute Gasteiger partial charge is 0.292 e. The Hall–Kier alpha value is -5.78. The highest BCUT2D eigenvalue weighted by Crippen LogP contribution is 2.44. The summed E-state index contributed by atoms with van der Waals surface area (Å²) in [6, 6.07) is 33.5. The first-order chi connectivity index (χ1) is 25.9. The molecule has 4 heterocycles. The van der Waals surface area contributed by atoms with Crippen LogP contribution in [0.2, 0.25) is 0 Å². The van der Waals surface area contributed by atoms with Crippen LogP contribution in [0.15, 0.2) is 122 Å². The van der Waals surface area contributed by atoms with Gasteiger partial charge in [0.2, 0.25) is 11.4 Å². The summed E-state index contributed by atoms with van der Waals surface area (Å²) in [4.78, 5) is 9.09. The van der Waals surface area contributed by atoms with Crippen molar-refractivity contribution >= 4 is 50.6 Å². The highest BCUT2D eigenvalue weighted by Gasteiger charge is 2.40. The van der Waals surface area contributed by atoms with Crippen molar-refractivity contribution in [1.82, 2.24) is 23.7 Å². The molecule has 7 heteroatoms. The average Bonchev–Trinajstić information content (AvgIpc) is 3.70. The number of hydrogen-bond acceptors (Lipinski definition) is 2. The van der Waals surface area contributed by atoms with Crippen molar-refractivity contribution in [2.75, 3.05) is 0 Å². The van der Waals surface area contributed by atoms with Crippen molar-refractivity contribution in [2.45, 2.75) is 65.1 Å². The zero-order chi connectivity index (χ0) is 39.1. The molecule has 1 aliphatic heterocycles. The fourth-order valence-corrected chi connectivity index (χ4v) is 6.89. The molecule has 0 atom stereocenters. The predicted octanol–water partition coefficient (Wildman–Crippen LogP) is 11.5. The van der Waals surface area contributed by atoms with Gasteiger partial charge in [0.05, 0.1) is 17.2 Å². The Morgan fingerprint density at radius 1 is 0.635 bits per heavy atom. The minimum Gasteiger partial charge on any atom is -0.292 e. The molecule has 5 nitrogen and oxygen atoms in total. The maximum absolute atomic E-state index is 17.3. The Morgan fingerprint density at radius 2 is 1.31 bits per heavy atom. The van der Waals surface area contributed by atoms with Gasteiger partial charge in [0, 0.05) is 74.8 Å². The molecule has 0 bridgehead atoms. The first-order valence-electron chi connectivity index (χ1n) is 18.9. The second-order valence-electron chi connectivity index (χ2n) is 15.5. The topological polar surface area (TPSA) is 36.7 Å². The van der Waals surface area contributed by atoms with Crippen LogP contribution in [-0.4, -0.2) is 20.5 Å². The van der Waals surface area contributed by atoms with Crippen molar-refractivity contribution in [2.24, 2.45) is 0 Å². The van der Waals surface area contributed by atoms with Crippen LogP contribution in [0.5, 0.6) is 0 Å². The fraction of sp³-hybridized carbons (Fsp3) is 0.222. The summed E-state index contributed by atoms with van der Waals surface area (Å²) >= 11 is 0. The molecule has 1 aliphatic rings. The van der Waals surface area contributed by atoms with Gasteiger partial charge in [-0.2, -0.15) is 8.78 Å². The van der Waals surface area contributed by atoms with Crippen molar-refractivity contribution in [1.29, 1.82) is 0 Å². The van der Waals surface area contributed by atoms with Crippen LogP contribution < -0.4 is 9.15 Å². The lowest BCUT2D eigenvalue weighted by Gasteiger charge is -2.23. The summed E-state index contributed by atoms with van der Waals surface area (Å²) in [5.74, 6) is -2.76. The highest BCUT2D eigenvalue weighted by molar-refractivity contribution is 6.09. The monoisotopic (exact) mass is 692 g/mol. The van der Waals surface area contributed by atoms with Gasteiger partial charge in [-0.05, 0) is 68.3 Å². The van der Waals surface area contributed by atoms with Crippen molar-refractivity contribution < 1.29 is 12.9 Å². The number of pyridine rings is 2. The fourth-order valence-electron chi connectivity index (χ4n) is 6.89. The molecule has 0 aliphatic carbocycles. The largest absolute Gasteiger partial charge is 0.503 e. The van der Waals surface area contributed by atoms with Crippen LogP contribution in [-0.2, 0) is 16.8 Å². The third kappa shape index (κ3) is 5.62. The lowest BCUT2D eigenvalue weighted by molar-refractivity contribution is 0.0428. The first kappa shape index (κ1) is 29.9. The van der Waals surface area contributed by atoms with Gasteiger partial charge < -0.3 is 0 Å². The molecule has 0 fully saturated rings. The number of halogens is 2. The van der Waals surface area contributed by atoms with Crippen LogP contribution >= 0.6 is 0 Å². The van der Waals surface area contributed by atoms with E-state index in [1.165, 1.54) is 12.1 Å². The lowest BCUT2D eigenvalue weighted by atomic mass is 9.84. The average molecular weight is 693 g/mol. The number of fused-ring (bicyclic) bond motifs is 4. The van der Waals surface area contributed by atoms with Crippen LogP contribution in [0, 0.1) is 6.85 Å². The van der Waals surface area contributed by atoms with Gasteiger partial charge in [-0.1, -0.05) is 83.5 Å². The van der Waals surface area contributed by atoms with Crippen molar-refractivity contribution in [3.63, 3.8) is 0 Å². The molecule has 0 unspecified atom stereocenters. The molecule has 3 aromatic heterocycles. The van der Waals surface area contributed by atoms with Gasteiger partial charge in [-0.15, -0.1) is 0 Å².